The summed E-state index contributed by atoms with van der Waals surface area (Å²) in [6, 6.07) is 63.7. The first kappa shape index (κ1) is 31.9. The molecule has 5 nitrogen and oxygen atoms in total. The summed E-state index contributed by atoms with van der Waals surface area (Å²) < 4.78 is 11.3. The van der Waals surface area contributed by atoms with Gasteiger partial charge in [-0.05, 0) is 71.8 Å². The summed E-state index contributed by atoms with van der Waals surface area (Å²) in [7, 11) is 0. The number of para-hydroxylation sites is 2. The molecule has 4 aromatic heterocycles. The Morgan fingerprint density at radius 3 is 1.72 bits per heavy atom. The number of furan rings is 1. The molecular formula is C51H30N4OS. The molecule has 0 aliphatic rings. The molecule has 0 radical (unpaired) electrons. The van der Waals surface area contributed by atoms with E-state index in [9.17, 15) is 0 Å². The molecule has 0 amide bonds. The number of rotatable bonds is 5. The molecule has 0 unspecified atom stereocenters. The molecule has 0 saturated heterocycles. The monoisotopic (exact) mass is 746 g/mol. The van der Waals surface area contributed by atoms with E-state index < -0.39 is 0 Å². The van der Waals surface area contributed by atoms with Gasteiger partial charge in [0.15, 0.2) is 17.5 Å². The van der Waals surface area contributed by atoms with E-state index in [2.05, 4.69) is 156 Å². The number of nitrogens with zero attached hydrogens (tertiary/aromatic N) is 4. The zero-order valence-corrected chi connectivity index (χ0v) is 31.2. The van der Waals surface area contributed by atoms with Crippen molar-refractivity contribution in [1.29, 1.82) is 0 Å². The maximum atomic E-state index is 6.42. The molecule has 12 aromatic rings. The van der Waals surface area contributed by atoms with E-state index in [1.165, 1.54) is 30.9 Å². The Bertz CT molecular complexity index is 3490. The van der Waals surface area contributed by atoms with E-state index in [-0.39, 0.29) is 0 Å². The lowest BCUT2D eigenvalue weighted by molar-refractivity contribution is 0.669. The van der Waals surface area contributed by atoms with Gasteiger partial charge in [-0.1, -0.05) is 121 Å². The average Bonchev–Trinajstić information content (AvgIpc) is 3.96. The van der Waals surface area contributed by atoms with Gasteiger partial charge in [0.05, 0.1) is 11.0 Å². The van der Waals surface area contributed by atoms with Gasteiger partial charge in [0.1, 0.15) is 11.2 Å². The Hall–Kier alpha value is -7.41. The fraction of sp³-hybridized carbons (Fsp3) is 0. The largest absolute Gasteiger partial charge is 0.456 e. The molecule has 8 aromatic carbocycles. The zero-order chi connectivity index (χ0) is 37.5. The summed E-state index contributed by atoms with van der Waals surface area (Å²) in [5, 5.41) is 7.24. The van der Waals surface area contributed by atoms with Gasteiger partial charge in [-0.25, -0.2) is 15.0 Å². The van der Waals surface area contributed by atoms with Crippen LogP contribution in [0.15, 0.2) is 186 Å². The van der Waals surface area contributed by atoms with E-state index in [1.54, 1.807) is 0 Å². The molecule has 6 heteroatoms. The molecule has 57 heavy (non-hydrogen) atoms. The van der Waals surface area contributed by atoms with Crippen LogP contribution in [-0.2, 0) is 0 Å². The third-order valence-corrected chi connectivity index (χ3v) is 12.2. The second-order valence-electron chi connectivity index (χ2n) is 14.4. The highest BCUT2D eigenvalue weighted by Crippen LogP contribution is 2.43. The van der Waals surface area contributed by atoms with E-state index in [4.69, 9.17) is 19.4 Å². The third kappa shape index (κ3) is 5.12. The van der Waals surface area contributed by atoms with E-state index >= 15 is 0 Å². The summed E-state index contributed by atoms with van der Waals surface area (Å²) in [5.74, 6) is 1.86. The second kappa shape index (κ2) is 12.6. The number of hydrogen-bond acceptors (Lipinski definition) is 5. The van der Waals surface area contributed by atoms with E-state index in [0.29, 0.717) is 17.5 Å². The summed E-state index contributed by atoms with van der Waals surface area (Å²) in [4.78, 5) is 15.3. The van der Waals surface area contributed by atoms with Crippen LogP contribution >= 0.6 is 11.3 Å². The van der Waals surface area contributed by atoms with Gasteiger partial charge in [0, 0.05) is 64.1 Å². The molecule has 0 saturated carbocycles. The quantitative estimate of drug-likeness (QED) is 0.176. The molecule has 0 spiro atoms. The van der Waals surface area contributed by atoms with Gasteiger partial charge in [-0.3, -0.25) is 0 Å². The van der Waals surface area contributed by atoms with Crippen LogP contribution in [0, 0.1) is 0 Å². The second-order valence-corrected chi connectivity index (χ2v) is 15.5. The Kier molecular flexibility index (Phi) is 7.03. The van der Waals surface area contributed by atoms with Gasteiger partial charge in [0.2, 0.25) is 0 Å². The normalized spacial score (nSPS) is 11.9. The third-order valence-electron chi connectivity index (χ3n) is 11.0. The first-order valence-electron chi connectivity index (χ1n) is 19.0. The van der Waals surface area contributed by atoms with Gasteiger partial charge in [-0.15, -0.1) is 11.3 Å². The highest BCUT2D eigenvalue weighted by Gasteiger charge is 2.18. The van der Waals surface area contributed by atoms with E-state index in [1.807, 2.05) is 41.7 Å². The minimum atomic E-state index is 0.615. The van der Waals surface area contributed by atoms with Crippen LogP contribution in [0.3, 0.4) is 0 Å². The SMILES string of the molecule is c1ccc(-c2nc(-c3cccc(-c4ccc5oc6ccc7sc8ccccc8c7c6c5c4)c3)nc(-c3cccc(-n4c5ccccc5c5ccccc54)c3)n2)cc1. The summed E-state index contributed by atoms with van der Waals surface area (Å²) in [6.07, 6.45) is 0. The fourth-order valence-electron chi connectivity index (χ4n) is 8.44. The number of fused-ring (bicyclic) bond motifs is 10. The molecule has 0 bridgehead atoms. The van der Waals surface area contributed by atoms with Crippen molar-refractivity contribution in [2.75, 3.05) is 0 Å². The van der Waals surface area contributed by atoms with E-state index in [0.717, 1.165) is 66.5 Å². The van der Waals surface area contributed by atoms with Crippen molar-refractivity contribution in [3.05, 3.63) is 182 Å². The molecule has 0 aliphatic heterocycles. The molecule has 0 aliphatic carbocycles. The smallest absolute Gasteiger partial charge is 0.164 e. The Morgan fingerprint density at radius 2 is 0.947 bits per heavy atom. The Morgan fingerprint density at radius 1 is 0.368 bits per heavy atom. The predicted octanol–water partition coefficient (Wildman–Crippen LogP) is 13.9. The van der Waals surface area contributed by atoms with Crippen LogP contribution in [0.5, 0.6) is 0 Å². The highest BCUT2D eigenvalue weighted by molar-refractivity contribution is 7.26. The van der Waals surface area contributed by atoms with Crippen molar-refractivity contribution >= 4 is 75.3 Å². The summed E-state index contributed by atoms with van der Waals surface area (Å²) in [6.45, 7) is 0. The maximum absolute atomic E-state index is 6.42. The van der Waals surface area contributed by atoms with Gasteiger partial charge in [-0.2, -0.15) is 0 Å². The van der Waals surface area contributed by atoms with Crippen molar-refractivity contribution in [3.63, 3.8) is 0 Å². The minimum absolute atomic E-state index is 0.615. The summed E-state index contributed by atoms with van der Waals surface area (Å²) >= 11 is 1.83. The van der Waals surface area contributed by atoms with Crippen LogP contribution in [0.25, 0.3) is 115 Å². The fourth-order valence-corrected chi connectivity index (χ4v) is 9.55. The molecule has 4 heterocycles. The lowest BCUT2D eigenvalue weighted by Crippen LogP contribution is -2.01. The van der Waals surface area contributed by atoms with Crippen molar-refractivity contribution in [3.8, 4) is 51.0 Å². The lowest BCUT2D eigenvalue weighted by atomic mass is 9.99. The van der Waals surface area contributed by atoms with Crippen LogP contribution in [0.4, 0.5) is 0 Å². The van der Waals surface area contributed by atoms with Gasteiger partial charge >= 0.3 is 0 Å². The van der Waals surface area contributed by atoms with Crippen LogP contribution in [0.1, 0.15) is 0 Å². The Labute approximate surface area is 330 Å². The predicted molar refractivity (Wildman–Crippen MR) is 236 cm³/mol. The first-order chi connectivity index (χ1) is 28.2. The summed E-state index contributed by atoms with van der Waals surface area (Å²) in [5.41, 5.74) is 10.1. The molecular weight excluding hydrogens is 717 g/mol. The van der Waals surface area contributed by atoms with Crippen LogP contribution in [-0.4, -0.2) is 19.5 Å². The van der Waals surface area contributed by atoms with Crippen molar-refractivity contribution in [2.45, 2.75) is 0 Å². The first-order valence-corrected chi connectivity index (χ1v) is 19.8. The molecule has 0 N–H and O–H groups in total. The molecule has 266 valence electrons. The molecule has 12 rings (SSSR count). The van der Waals surface area contributed by atoms with Gasteiger partial charge < -0.3 is 8.98 Å². The standard InChI is InChI=1S/C51H30N4OS/c1-2-12-31(13-3-1)49-52-50(54-51(53-49)35-16-11-17-36(29-35)55-41-21-7-4-18-37(41)38-19-5-8-22-42(38)55)34-15-10-14-32(28-34)33-24-25-43-40(30-33)47-44(56-43)26-27-46-48(47)39-20-6-9-23-45(39)57-46/h1-30H. The Balaban J connectivity index is 1.00. The lowest BCUT2D eigenvalue weighted by Gasteiger charge is -2.12. The molecule has 0 atom stereocenters. The number of hydrogen-bond donors (Lipinski definition) is 0. The zero-order valence-electron chi connectivity index (χ0n) is 30.4. The highest BCUT2D eigenvalue weighted by atomic mass is 32.1. The number of aromatic nitrogens is 4. The average molecular weight is 747 g/mol. The van der Waals surface area contributed by atoms with Crippen molar-refractivity contribution < 1.29 is 4.42 Å². The van der Waals surface area contributed by atoms with Gasteiger partial charge in [0.25, 0.3) is 0 Å². The maximum Gasteiger partial charge on any atom is 0.164 e. The number of benzene rings is 8. The van der Waals surface area contributed by atoms with Crippen molar-refractivity contribution in [1.82, 2.24) is 19.5 Å². The van der Waals surface area contributed by atoms with Crippen molar-refractivity contribution in [2.24, 2.45) is 0 Å². The number of thiophene rings is 1. The van der Waals surface area contributed by atoms with Crippen LogP contribution < -0.4 is 0 Å². The molecule has 0 fully saturated rings. The minimum Gasteiger partial charge on any atom is -0.456 e. The topological polar surface area (TPSA) is 56.7 Å². The van der Waals surface area contributed by atoms with Crippen LogP contribution in [0.2, 0.25) is 0 Å².